The predicted molar refractivity (Wildman–Crippen MR) is 258 cm³/mol. The Kier molecular flexibility index (Phi) is 43.3. The second kappa shape index (κ2) is 45.5. The molecule has 11 nitrogen and oxygen atoms in total. The van der Waals surface area contributed by atoms with Gasteiger partial charge in [-0.05, 0) is 51.4 Å². The number of phosphoric acid groups is 1. The van der Waals surface area contributed by atoms with Crippen molar-refractivity contribution in [3.63, 3.8) is 0 Å². The fourth-order valence-corrected chi connectivity index (χ4v) is 7.29. The summed E-state index contributed by atoms with van der Waals surface area (Å²) in [6, 6.07) is -1.59. The number of hydrogen-bond acceptors (Lipinski definition) is 8. The predicted octanol–water partition coefficient (Wildman–Crippen LogP) is 13.3. The van der Waals surface area contributed by atoms with Gasteiger partial charge in [-0.1, -0.05) is 209 Å². The molecular weight excluding hydrogens is 818 g/mol. The summed E-state index contributed by atoms with van der Waals surface area (Å²) in [5, 5.41) is 21.8. The van der Waals surface area contributed by atoms with Crippen molar-refractivity contribution in [2.45, 2.75) is 212 Å². The number of aliphatic hydroxyl groups excluding tert-OH is 1. The first-order valence-corrected chi connectivity index (χ1v) is 26.0. The molecule has 0 aromatic heterocycles. The summed E-state index contributed by atoms with van der Waals surface area (Å²) in [7, 11) is -4.78. The van der Waals surface area contributed by atoms with E-state index in [0.29, 0.717) is 19.3 Å². The standard InChI is InChI=1S/C51H88NO10P/c1-3-5-7-9-11-13-15-17-19-21-23-25-27-29-31-33-35-37-39-41-43-50(55)60-44-47(53)45-61-63(58,59)62-46-48(51(56)57)52-49(54)42-40-38-36-34-32-30-28-26-24-22-20-18-16-14-12-10-8-6-4-2/h6,8,12,14,18,20,24,26,30,32,36,38,47-48,53H,3-5,7,9-11,13,15-17,19,21-23,25,27-29,31,33-35,37,39-46H2,1-2H3,(H,52,54)(H,56,57)(H,58,59)/b8-6-,14-12-,20-18-,26-24-,32-30-,38-36-. The SMILES string of the molecule is CC/C=C\C/C=C\C/C=C\C/C=C\C/C=C\C/C=C\CCC(=O)NC(COP(=O)(O)OCC(O)COC(=O)CCCCCCCCCCCCCCCCCCCCCC)C(=O)O. The van der Waals surface area contributed by atoms with Crippen LogP contribution in [-0.4, -0.2) is 64.9 Å². The second-order valence-corrected chi connectivity index (χ2v) is 17.7. The van der Waals surface area contributed by atoms with Gasteiger partial charge in [0, 0.05) is 12.8 Å². The smallest absolute Gasteiger partial charge is 0.472 e. The number of aliphatic hydroxyl groups is 1. The first-order chi connectivity index (χ1) is 30.6. The Labute approximate surface area is 382 Å². The minimum Gasteiger partial charge on any atom is -0.480 e. The van der Waals surface area contributed by atoms with E-state index in [1.54, 1.807) is 0 Å². The van der Waals surface area contributed by atoms with Crippen LogP contribution in [-0.2, 0) is 32.7 Å². The molecule has 3 unspecified atom stereocenters. The first-order valence-electron chi connectivity index (χ1n) is 24.5. The largest absolute Gasteiger partial charge is 0.480 e. The molecule has 0 bridgehead atoms. The van der Waals surface area contributed by atoms with E-state index in [2.05, 4.69) is 73.8 Å². The van der Waals surface area contributed by atoms with Gasteiger partial charge in [0.05, 0.1) is 13.2 Å². The van der Waals surface area contributed by atoms with Gasteiger partial charge in [-0.25, -0.2) is 9.36 Å². The molecule has 0 saturated carbocycles. The molecule has 12 heteroatoms. The fraction of sp³-hybridized carbons (Fsp3) is 0.706. The number of phosphoric ester groups is 1. The lowest BCUT2D eigenvalue weighted by atomic mass is 10.0. The zero-order chi connectivity index (χ0) is 46.3. The van der Waals surface area contributed by atoms with Gasteiger partial charge in [0.25, 0.3) is 0 Å². The first kappa shape index (κ1) is 59.9. The molecule has 0 aliphatic heterocycles. The highest BCUT2D eigenvalue weighted by Crippen LogP contribution is 2.43. The summed E-state index contributed by atoms with van der Waals surface area (Å²) in [6.07, 6.45) is 55.2. The van der Waals surface area contributed by atoms with Gasteiger partial charge in [-0.15, -0.1) is 0 Å². The number of allylic oxidation sites excluding steroid dienone is 12. The van der Waals surface area contributed by atoms with Crippen LogP contribution in [0.5, 0.6) is 0 Å². The Balaban J connectivity index is 3.93. The Hall–Kier alpha value is -3.08. The number of rotatable bonds is 45. The third-order valence-corrected chi connectivity index (χ3v) is 11.2. The van der Waals surface area contributed by atoms with Gasteiger partial charge in [-0.3, -0.25) is 18.6 Å². The molecule has 0 radical (unpaired) electrons. The average Bonchev–Trinajstić information content (AvgIpc) is 3.26. The molecule has 362 valence electrons. The van der Waals surface area contributed by atoms with Gasteiger partial charge in [0.1, 0.15) is 12.7 Å². The van der Waals surface area contributed by atoms with Crippen molar-refractivity contribution in [1.29, 1.82) is 0 Å². The van der Waals surface area contributed by atoms with Crippen LogP contribution in [0.25, 0.3) is 0 Å². The Morgan fingerprint density at radius 3 is 1.32 bits per heavy atom. The maximum Gasteiger partial charge on any atom is 0.472 e. The van der Waals surface area contributed by atoms with Crippen LogP contribution in [0.3, 0.4) is 0 Å². The fourth-order valence-electron chi connectivity index (χ4n) is 6.52. The van der Waals surface area contributed by atoms with Crippen LogP contribution >= 0.6 is 7.82 Å². The zero-order valence-corrected chi connectivity index (χ0v) is 40.3. The molecule has 3 atom stereocenters. The number of nitrogens with one attached hydrogen (secondary N) is 1. The van der Waals surface area contributed by atoms with Gasteiger partial charge in [-0.2, -0.15) is 0 Å². The van der Waals surface area contributed by atoms with Crippen molar-refractivity contribution >= 4 is 25.7 Å². The topological polar surface area (TPSA) is 169 Å². The lowest BCUT2D eigenvalue weighted by Gasteiger charge is -2.18. The summed E-state index contributed by atoms with van der Waals surface area (Å²) in [4.78, 5) is 46.0. The molecular formula is C51H88NO10P. The van der Waals surface area contributed by atoms with Crippen LogP contribution < -0.4 is 5.32 Å². The highest BCUT2D eigenvalue weighted by Gasteiger charge is 2.28. The number of carboxylic acid groups (broad SMARTS) is 1. The Bertz CT molecular complexity index is 1340. The lowest BCUT2D eigenvalue weighted by Crippen LogP contribution is -2.43. The molecule has 63 heavy (non-hydrogen) atoms. The highest BCUT2D eigenvalue weighted by molar-refractivity contribution is 7.47. The number of amides is 1. The van der Waals surface area contributed by atoms with Gasteiger partial charge < -0.3 is 25.2 Å². The number of carbonyl (C=O) groups excluding carboxylic acids is 2. The molecule has 0 aliphatic rings. The van der Waals surface area contributed by atoms with E-state index in [1.807, 2.05) is 18.2 Å². The van der Waals surface area contributed by atoms with Crippen molar-refractivity contribution in [3.05, 3.63) is 72.9 Å². The van der Waals surface area contributed by atoms with Crippen LogP contribution in [0.4, 0.5) is 0 Å². The minimum absolute atomic E-state index is 0.0176. The summed E-state index contributed by atoms with van der Waals surface area (Å²) in [5.41, 5.74) is 0. The maximum atomic E-state index is 12.3. The third-order valence-electron chi connectivity index (χ3n) is 10.3. The van der Waals surface area contributed by atoms with Crippen molar-refractivity contribution in [1.82, 2.24) is 5.32 Å². The van der Waals surface area contributed by atoms with Crippen LogP contribution in [0.15, 0.2) is 72.9 Å². The van der Waals surface area contributed by atoms with E-state index in [4.69, 9.17) is 13.8 Å². The maximum absolute atomic E-state index is 12.3. The molecule has 0 heterocycles. The number of esters is 1. The van der Waals surface area contributed by atoms with Gasteiger partial charge in [0.2, 0.25) is 5.91 Å². The quantitative estimate of drug-likeness (QED) is 0.0200. The van der Waals surface area contributed by atoms with Crippen molar-refractivity contribution < 1.29 is 47.8 Å². The van der Waals surface area contributed by atoms with E-state index >= 15 is 0 Å². The van der Waals surface area contributed by atoms with Gasteiger partial charge in [0.15, 0.2) is 6.04 Å². The molecule has 0 saturated heterocycles. The molecule has 0 rings (SSSR count). The summed E-state index contributed by atoms with van der Waals surface area (Å²) < 4.78 is 26.9. The number of carboxylic acids is 1. The minimum atomic E-state index is -4.78. The van der Waals surface area contributed by atoms with E-state index < -0.39 is 57.6 Å². The second-order valence-electron chi connectivity index (χ2n) is 16.3. The Morgan fingerprint density at radius 2 is 0.905 bits per heavy atom. The molecule has 0 aliphatic carbocycles. The average molecular weight is 906 g/mol. The van der Waals surface area contributed by atoms with Gasteiger partial charge >= 0.3 is 19.8 Å². The van der Waals surface area contributed by atoms with Crippen molar-refractivity contribution in [2.75, 3.05) is 19.8 Å². The number of unbranched alkanes of at least 4 members (excludes halogenated alkanes) is 19. The Morgan fingerprint density at radius 1 is 0.524 bits per heavy atom. The lowest BCUT2D eigenvalue weighted by molar-refractivity contribution is -0.147. The zero-order valence-electron chi connectivity index (χ0n) is 39.4. The van der Waals surface area contributed by atoms with Crippen LogP contribution in [0.1, 0.15) is 200 Å². The molecule has 0 aromatic rings. The van der Waals surface area contributed by atoms with E-state index in [9.17, 15) is 34.1 Å². The molecule has 0 aromatic carbocycles. The number of aliphatic carboxylic acids is 1. The van der Waals surface area contributed by atoms with E-state index in [0.717, 1.165) is 51.4 Å². The molecule has 0 spiro atoms. The molecule has 0 fully saturated rings. The highest BCUT2D eigenvalue weighted by atomic mass is 31.2. The summed E-state index contributed by atoms with van der Waals surface area (Å²) >= 11 is 0. The van der Waals surface area contributed by atoms with E-state index in [1.165, 1.54) is 103 Å². The van der Waals surface area contributed by atoms with Crippen LogP contribution in [0.2, 0.25) is 0 Å². The summed E-state index contributed by atoms with van der Waals surface area (Å²) in [6.45, 7) is 2.45. The summed E-state index contributed by atoms with van der Waals surface area (Å²) in [5.74, 6) is -2.49. The number of ether oxygens (including phenoxy) is 1. The number of carbonyl (C=O) groups is 3. The van der Waals surface area contributed by atoms with Crippen molar-refractivity contribution in [3.8, 4) is 0 Å². The van der Waals surface area contributed by atoms with Crippen LogP contribution in [0, 0.1) is 0 Å². The monoisotopic (exact) mass is 906 g/mol. The number of hydrogen-bond donors (Lipinski definition) is 4. The normalized spacial score (nSPS) is 14.2. The van der Waals surface area contributed by atoms with E-state index in [-0.39, 0.29) is 12.8 Å². The third kappa shape index (κ3) is 45.3. The molecule has 4 N–H and O–H groups in total. The molecule has 1 amide bonds. The van der Waals surface area contributed by atoms with Crippen molar-refractivity contribution in [2.24, 2.45) is 0 Å².